The Morgan fingerprint density at radius 1 is 1.00 bits per heavy atom. The van der Waals surface area contributed by atoms with Crippen LogP contribution in [0.4, 0.5) is 0 Å². The van der Waals surface area contributed by atoms with E-state index in [1.165, 1.54) is 6.42 Å². The largest absolute Gasteiger partial charge is 0.383 e. The molecule has 0 fully saturated rings. The van der Waals surface area contributed by atoms with Gasteiger partial charge in [0, 0.05) is 26.9 Å². The second kappa shape index (κ2) is 12.9. The Labute approximate surface area is 99.6 Å². The molecule has 4 nitrogen and oxygen atoms in total. The van der Waals surface area contributed by atoms with Crippen LogP contribution in [0.2, 0.25) is 0 Å². The Morgan fingerprint density at radius 3 is 2.44 bits per heavy atom. The van der Waals surface area contributed by atoms with Crippen LogP contribution in [0.25, 0.3) is 0 Å². The van der Waals surface area contributed by atoms with Gasteiger partial charge in [-0.25, -0.2) is 0 Å². The third-order valence-electron chi connectivity index (χ3n) is 2.38. The number of hydrogen-bond acceptors (Lipinski definition) is 4. The van der Waals surface area contributed by atoms with E-state index in [0.717, 1.165) is 32.6 Å². The zero-order chi connectivity index (χ0) is 12.1. The highest BCUT2D eigenvalue weighted by atomic mass is 16.5. The van der Waals surface area contributed by atoms with Crippen molar-refractivity contribution in [2.24, 2.45) is 0 Å². The summed E-state index contributed by atoms with van der Waals surface area (Å²) in [6.07, 6.45) is 3.43. The van der Waals surface area contributed by atoms with Crippen molar-refractivity contribution in [3.63, 3.8) is 0 Å². The van der Waals surface area contributed by atoms with Crippen LogP contribution in [-0.4, -0.2) is 53.2 Å². The number of unbranched alkanes of at least 4 members (excludes halogenated alkanes) is 1. The molecular formula is C12H27NO3. The highest BCUT2D eigenvalue weighted by molar-refractivity contribution is 4.64. The van der Waals surface area contributed by atoms with Crippen molar-refractivity contribution < 1.29 is 14.2 Å². The Morgan fingerprint density at radius 2 is 1.81 bits per heavy atom. The van der Waals surface area contributed by atoms with Crippen LogP contribution in [0, 0.1) is 0 Å². The fourth-order valence-corrected chi connectivity index (χ4v) is 1.57. The molecular weight excluding hydrogens is 206 g/mol. The summed E-state index contributed by atoms with van der Waals surface area (Å²) < 4.78 is 15.5. The zero-order valence-corrected chi connectivity index (χ0v) is 11.0. The summed E-state index contributed by atoms with van der Waals surface area (Å²) in [7, 11) is 3.44. The quantitative estimate of drug-likeness (QED) is 0.518. The minimum atomic E-state index is 0.481. The molecule has 0 aromatic rings. The molecule has 0 rings (SSSR count). The molecule has 0 aromatic carbocycles. The van der Waals surface area contributed by atoms with Crippen LogP contribution >= 0.6 is 0 Å². The molecule has 16 heavy (non-hydrogen) atoms. The second-order valence-corrected chi connectivity index (χ2v) is 3.81. The van der Waals surface area contributed by atoms with Gasteiger partial charge in [0.25, 0.3) is 0 Å². The first-order valence-electron chi connectivity index (χ1n) is 6.14. The molecule has 0 aliphatic heterocycles. The summed E-state index contributed by atoms with van der Waals surface area (Å²) in [6.45, 7) is 6.12. The maximum atomic E-state index is 5.40. The molecule has 4 heteroatoms. The molecule has 0 spiro atoms. The van der Waals surface area contributed by atoms with Gasteiger partial charge in [-0.15, -0.1) is 0 Å². The molecule has 0 saturated carbocycles. The van der Waals surface area contributed by atoms with E-state index in [4.69, 9.17) is 14.2 Å². The first-order valence-corrected chi connectivity index (χ1v) is 6.14. The minimum Gasteiger partial charge on any atom is -0.383 e. The van der Waals surface area contributed by atoms with Gasteiger partial charge in [-0.05, 0) is 25.8 Å². The molecule has 0 heterocycles. The van der Waals surface area contributed by atoms with Crippen molar-refractivity contribution in [3.8, 4) is 0 Å². The van der Waals surface area contributed by atoms with Gasteiger partial charge < -0.3 is 19.5 Å². The molecule has 0 bridgehead atoms. The van der Waals surface area contributed by atoms with Crippen LogP contribution in [0.15, 0.2) is 0 Å². The van der Waals surface area contributed by atoms with E-state index >= 15 is 0 Å². The van der Waals surface area contributed by atoms with Gasteiger partial charge >= 0.3 is 0 Å². The summed E-state index contributed by atoms with van der Waals surface area (Å²) in [4.78, 5) is 0. The van der Waals surface area contributed by atoms with Gasteiger partial charge in [-0.1, -0.05) is 6.92 Å². The zero-order valence-electron chi connectivity index (χ0n) is 11.0. The van der Waals surface area contributed by atoms with E-state index in [0.29, 0.717) is 19.3 Å². The molecule has 0 saturated heterocycles. The van der Waals surface area contributed by atoms with Crippen LogP contribution in [0.3, 0.4) is 0 Å². The number of methoxy groups -OCH3 is 2. The lowest BCUT2D eigenvalue weighted by Crippen LogP contribution is -2.32. The van der Waals surface area contributed by atoms with E-state index in [9.17, 15) is 0 Å². The Hall–Kier alpha value is -0.160. The monoisotopic (exact) mass is 233 g/mol. The molecule has 0 amide bonds. The third kappa shape index (κ3) is 10.4. The van der Waals surface area contributed by atoms with Crippen molar-refractivity contribution >= 4 is 0 Å². The van der Waals surface area contributed by atoms with Gasteiger partial charge in [-0.2, -0.15) is 0 Å². The Kier molecular flexibility index (Phi) is 12.8. The number of hydrogen-bond donors (Lipinski definition) is 1. The minimum absolute atomic E-state index is 0.481. The SMILES string of the molecule is CCNC(CCCCOCCOC)COC. The van der Waals surface area contributed by atoms with Crippen LogP contribution in [-0.2, 0) is 14.2 Å². The van der Waals surface area contributed by atoms with Crippen molar-refractivity contribution in [3.05, 3.63) is 0 Å². The number of rotatable bonds is 12. The average Bonchev–Trinajstić information content (AvgIpc) is 2.28. The summed E-state index contributed by atoms with van der Waals surface area (Å²) in [6, 6.07) is 0.481. The van der Waals surface area contributed by atoms with Crippen molar-refractivity contribution in [2.75, 3.05) is 47.2 Å². The highest BCUT2D eigenvalue weighted by Crippen LogP contribution is 2.02. The van der Waals surface area contributed by atoms with Gasteiger partial charge in [0.1, 0.15) is 0 Å². The number of likely N-dealkylation sites (N-methyl/N-ethyl adjacent to an activating group) is 1. The summed E-state index contributed by atoms with van der Waals surface area (Å²) in [5.74, 6) is 0. The molecule has 1 unspecified atom stereocenters. The smallest absolute Gasteiger partial charge is 0.0700 e. The molecule has 0 aliphatic carbocycles. The number of ether oxygens (including phenoxy) is 3. The normalized spacial score (nSPS) is 12.9. The molecule has 0 aliphatic rings. The fourth-order valence-electron chi connectivity index (χ4n) is 1.57. The topological polar surface area (TPSA) is 39.7 Å². The first-order chi connectivity index (χ1) is 7.85. The van der Waals surface area contributed by atoms with E-state index in [1.807, 2.05) is 0 Å². The summed E-state index contributed by atoms with van der Waals surface area (Å²) in [5, 5.41) is 3.41. The predicted molar refractivity (Wildman–Crippen MR) is 65.9 cm³/mol. The Balaban J connectivity index is 3.25. The van der Waals surface area contributed by atoms with E-state index in [1.54, 1.807) is 14.2 Å². The van der Waals surface area contributed by atoms with Gasteiger partial charge in [0.15, 0.2) is 0 Å². The molecule has 1 N–H and O–H groups in total. The van der Waals surface area contributed by atoms with Crippen LogP contribution in [0.5, 0.6) is 0 Å². The lowest BCUT2D eigenvalue weighted by atomic mass is 10.1. The maximum Gasteiger partial charge on any atom is 0.0700 e. The van der Waals surface area contributed by atoms with Crippen molar-refractivity contribution in [1.29, 1.82) is 0 Å². The van der Waals surface area contributed by atoms with Gasteiger partial charge in [0.05, 0.1) is 19.8 Å². The van der Waals surface area contributed by atoms with Gasteiger partial charge in [0.2, 0.25) is 0 Å². The fraction of sp³-hybridized carbons (Fsp3) is 1.00. The Bertz CT molecular complexity index is 127. The third-order valence-corrected chi connectivity index (χ3v) is 2.38. The van der Waals surface area contributed by atoms with Crippen molar-refractivity contribution in [1.82, 2.24) is 5.32 Å². The van der Waals surface area contributed by atoms with Crippen LogP contribution < -0.4 is 5.32 Å². The van der Waals surface area contributed by atoms with Gasteiger partial charge in [-0.3, -0.25) is 0 Å². The van der Waals surface area contributed by atoms with Crippen LogP contribution in [0.1, 0.15) is 26.2 Å². The predicted octanol–water partition coefficient (Wildman–Crippen LogP) is 1.44. The lowest BCUT2D eigenvalue weighted by Gasteiger charge is -2.16. The van der Waals surface area contributed by atoms with E-state index < -0.39 is 0 Å². The second-order valence-electron chi connectivity index (χ2n) is 3.81. The molecule has 98 valence electrons. The lowest BCUT2D eigenvalue weighted by molar-refractivity contribution is 0.0678. The van der Waals surface area contributed by atoms with Crippen molar-refractivity contribution in [2.45, 2.75) is 32.2 Å². The standard InChI is InChI=1S/C12H27NO3/c1-4-13-12(11-15-3)7-5-6-8-16-10-9-14-2/h12-13H,4-11H2,1-3H3. The average molecular weight is 233 g/mol. The summed E-state index contributed by atoms with van der Waals surface area (Å²) in [5.41, 5.74) is 0. The van der Waals surface area contributed by atoms with E-state index in [-0.39, 0.29) is 0 Å². The molecule has 1 atom stereocenters. The maximum absolute atomic E-state index is 5.40. The highest BCUT2D eigenvalue weighted by Gasteiger charge is 2.05. The summed E-state index contributed by atoms with van der Waals surface area (Å²) >= 11 is 0. The number of nitrogens with one attached hydrogen (secondary N) is 1. The molecule has 0 radical (unpaired) electrons. The van der Waals surface area contributed by atoms with E-state index in [2.05, 4.69) is 12.2 Å². The molecule has 0 aromatic heterocycles. The first kappa shape index (κ1) is 15.8.